The van der Waals surface area contributed by atoms with Crippen molar-refractivity contribution in [3.05, 3.63) is 35.4 Å². The minimum absolute atomic E-state index is 0.0942. The third-order valence-electron chi connectivity index (χ3n) is 4.39. The molecule has 0 bridgehead atoms. The van der Waals surface area contributed by atoms with Crippen molar-refractivity contribution in [2.75, 3.05) is 14.1 Å². The van der Waals surface area contributed by atoms with Crippen LogP contribution < -0.4 is 0 Å². The van der Waals surface area contributed by atoms with Crippen LogP contribution in [0.15, 0.2) is 18.2 Å². The molecule has 0 amide bonds. The Morgan fingerprint density at radius 3 is 2.15 bits per heavy atom. The van der Waals surface area contributed by atoms with E-state index in [2.05, 4.69) is 0 Å². The number of hydrogen-bond donors (Lipinski definition) is 0. The highest BCUT2D eigenvalue weighted by Gasteiger charge is 2.41. The van der Waals surface area contributed by atoms with Crippen LogP contribution in [-0.4, -0.2) is 30.3 Å². The molecule has 0 atom stereocenters. The molecule has 1 saturated carbocycles. The highest BCUT2D eigenvalue weighted by atomic mass is 19.2. The number of hydrogen-bond acceptors (Lipinski definition) is 2. The van der Waals surface area contributed by atoms with Gasteiger partial charge in [-0.2, -0.15) is 0 Å². The molecule has 1 aliphatic rings. The third kappa shape index (κ3) is 2.75. The fourth-order valence-corrected chi connectivity index (χ4v) is 3.10. The van der Waals surface area contributed by atoms with Gasteiger partial charge in [-0.15, -0.1) is 0 Å². The molecule has 0 saturated heterocycles. The smallest absolute Gasteiger partial charge is 0.183 e. The lowest BCUT2D eigenvalue weighted by molar-refractivity contribution is 0.0634. The Hall–Kier alpha value is -1.29. The summed E-state index contributed by atoms with van der Waals surface area (Å²) in [5.41, 5.74) is -0.319. The molecule has 2 nitrogen and oxygen atoms in total. The summed E-state index contributed by atoms with van der Waals surface area (Å²) in [4.78, 5) is 14.8. The molecule has 0 aromatic heterocycles. The van der Waals surface area contributed by atoms with E-state index in [0.29, 0.717) is 0 Å². The van der Waals surface area contributed by atoms with Gasteiger partial charge < -0.3 is 0 Å². The Balaban J connectivity index is 2.37. The van der Waals surface area contributed by atoms with Crippen LogP contribution in [0.5, 0.6) is 0 Å². The van der Waals surface area contributed by atoms with Crippen molar-refractivity contribution in [2.24, 2.45) is 0 Å². The maximum absolute atomic E-state index is 13.4. The normalized spacial score (nSPS) is 18.9. The Kier molecular flexibility index (Phi) is 4.53. The van der Waals surface area contributed by atoms with Crippen molar-refractivity contribution in [1.82, 2.24) is 4.90 Å². The lowest BCUT2D eigenvalue weighted by Crippen LogP contribution is -2.50. The first-order valence-electron chi connectivity index (χ1n) is 7.15. The molecule has 1 aromatic carbocycles. The molecule has 0 unspecified atom stereocenters. The highest BCUT2D eigenvalue weighted by Crippen LogP contribution is 2.34. The lowest BCUT2D eigenvalue weighted by Gasteiger charge is -2.38. The van der Waals surface area contributed by atoms with Crippen LogP contribution in [0.1, 0.15) is 48.9 Å². The van der Waals surface area contributed by atoms with E-state index in [9.17, 15) is 13.6 Å². The molecule has 4 heteroatoms. The Morgan fingerprint density at radius 2 is 1.65 bits per heavy atom. The second-order valence-corrected chi connectivity index (χ2v) is 5.80. The first-order chi connectivity index (χ1) is 9.47. The Morgan fingerprint density at radius 1 is 1.05 bits per heavy atom. The van der Waals surface area contributed by atoms with Gasteiger partial charge in [0.05, 0.1) is 5.54 Å². The fraction of sp³-hybridized carbons (Fsp3) is 0.562. The van der Waals surface area contributed by atoms with Crippen LogP contribution in [-0.2, 0) is 0 Å². The number of halogens is 2. The topological polar surface area (TPSA) is 20.3 Å². The summed E-state index contributed by atoms with van der Waals surface area (Å²) < 4.78 is 26.4. The predicted molar refractivity (Wildman–Crippen MR) is 74.8 cm³/mol. The summed E-state index contributed by atoms with van der Waals surface area (Å²) in [5.74, 6) is -1.97. The van der Waals surface area contributed by atoms with Crippen LogP contribution in [0.4, 0.5) is 8.78 Å². The third-order valence-corrected chi connectivity index (χ3v) is 4.39. The van der Waals surface area contributed by atoms with Crippen molar-refractivity contribution in [3.63, 3.8) is 0 Å². The van der Waals surface area contributed by atoms with Gasteiger partial charge in [-0.25, -0.2) is 8.78 Å². The molecule has 0 N–H and O–H groups in total. The SMILES string of the molecule is CN(C)C1(C(=O)c2ccc(F)c(F)c2)CCCCCC1. The van der Waals surface area contributed by atoms with E-state index in [1.54, 1.807) is 0 Å². The average molecular weight is 281 g/mol. The van der Waals surface area contributed by atoms with Crippen molar-refractivity contribution in [1.29, 1.82) is 0 Å². The minimum Gasteiger partial charge on any atom is -0.297 e. The van der Waals surface area contributed by atoms with Crippen molar-refractivity contribution in [3.8, 4) is 0 Å². The molecule has 1 aliphatic carbocycles. The number of Topliss-reactive ketones (excluding diaryl/α,β-unsaturated/α-hetero) is 1. The van der Waals surface area contributed by atoms with Crippen LogP contribution in [0, 0.1) is 11.6 Å². The zero-order valence-corrected chi connectivity index (χ0v) is 12.1. The summed E-state index contributed by atoms with van der Waals surface area (Å²) in [5, 5.41) is 0. The number of benzene rings is 1. The van der Waals surface area contributed by atoms with Gasteiger partial charge in [0.15, 0.2) is 17.4 Å². The van der Waals surface area contributed by atoms with Gasteiger partial charge in [0, 0.05) is 5.56 Å². The minimum atomic E-state index is -0.960. The summed E-state index contributed by atoms with van der Waals surface area (Å²) in [7, 11) is 3.78. The molecule has 0 heterocycles. The van der Waals surface area contributed by atoms with Gasteiger partial charge in [-0.05, 0) is 45.1 Å². The zero-order chi connectivity index (χ0) is 14.8. The van der Waals surface area contributed by atoms with Crippen LogP contribution in [0.25, 0.3) is 0 Å². The molecule has 0 aliphatic heterocycles. The average Bonchev–Trinajstić information content (AvgIpc) is 2.67. The van der Waals surface area contributed by atoms with E-state index in [-0.39, 0.29) is 11.3 Å². The van der Waals surface area contributed by atoms with Gasteiger partial charge in [0.2, 0.25) is 0 Å². The summed E-state index contributed by atoms with van der Waals surface area (Å²) in [6, 6.07) is 3.44. The van der Waals surface area contributed by atoms with E-state index >= 15 is 0 Å². The second-order valence-electron chi connectivity index (χ2n) is 5.80. The molecule has 2 rings (SSSR count). The highest BCUT2D eigenvalue weighted by molar-refractivity contribution is 6.03. The molecule has 0 spiro atoms. The molecule has 110 valence electrons. The molecule has 20 heavy (non-hydrogen) atoms. The van der Waals surface area contributed by atoms with Gasteiger partial charge >= 0.3 is 0 Å². The summed E-state index contributed by atoms with van der Waals surface area (Å²) in [6.45, 7) is 0. The van der Waals surface area contributed by atoms with Crippen LogP contribution >= 0.6 is 0 Å². The van der Waals surface area contributed by atoms with Crippen molar-refractivity contribution < 1.29 is 13.6 Å². The molecular weight excluding hydrogens is 260 g/mol. The first kappa shape index (κ1) is 15.1. The predicted octanol–water partition coefficient (Wildman–Crippen LogP) is 3.80. The number of nitrogens with zero attached hydrogens (tertiary/aromatic N) is 1. The van der Waals surface area contributed by atoms with Crippen molar-refractivity contribution >= 4 is 5.78 Å². The number of carbonyl (C=O) groups excluding carboxylic acids is 1. The monoisotopic (exact) mass is 281 g/mol. The standard InChI is InChI=1S/C16H21F2NO/c1-19(2)16(9-5-3-4-6-10-16)15(20)12-7-8-13(17)14(18)11-12/h7-8,11H,3-6,9-10H2,1-2H3. The van der Waals surface area contributed by atoms with Gasteiger partial charge in [0.1, 0.15) is 0 Å². The van der Waals surface area contributed by atoms with Gasteiger partial charge in [0.25, 0.3) is 0 Å². The van der Waals surface area contributed by atoms with E-state index in [1.165, 1.54) is 6.07 Å². The molecular formula is C16H21F2NO. The summed E-state index contributed by atoms with van der Waals surface area (Å²) >= 11 is 0. The largest absolute Gasteiger partial charge is 0.297 e. The van der Waals surface area contributed by atoms with E-state index in [0.717, 1.165) is 50.7 Å². The Bertz CT molecular complexity index is 491. The number of ketones is 1. The maximum Gasteiger partial charge on any atom is 0.183 e. The molecule has 1 fully saturated rings. The Labute approximate surface area is 118 Å². The van der Waals surface area contributed by atoms with Gasteiger partial charge in [-0.1, -0.05) is 25.7 Å². The fourth-order valence-electron chi connectivity index (χ4n) is 3.10. The quantitative estimate of drug-likeness (QED) is 0.620. The first-order valence-corrected chi connectivity index (χ1v) is 7.15. The summed E-state index contributed by atoms with van der Waals surface area (Å²) in [6.07, 6.45) is 5.79. The molecule has 1 aromatic rings. The van der Waals surface area contributed by atoms with Crippen LogP contribution in [0.3, 0.4) is 0 Å². The van der Waals surface area contributed by atoms with E-state index in [4.69, 9.17) is 0 Å². The number of rotatable bonds is 3. The maximum atomic E-state index is 13.4. The van der Waals surface area contributed by atoms with Crippen LogP contribution in [0.2, 0.25) is 0 Å². The molecule has 0 radical (unpaired) electrons. The van der Waals surface area contributed by atoms with Crippen molar-refractivity contribution in [2.45, 2.75) is 44.1 Å². The zero-order valence-electron chi connectivity index (χ0n) is 12.1. The lowest BCUT2D eigenvalue weighted by atomic mass is 9.81. The number of likely N-dealkylation sites (N-methyl/N-ethyl adjacent to an activating group) is 1. The van der Waals surface area contributed by atoms with Gasteiger partial charge in [-0.3, -0.25) is 9.69 Å². The number of carbonyl (C=O) groups is 1. The second kappa shape index (κ2) is 6.00. The van der Waals surface area contributed by atoms with E-state index in [1.807, 2.05) is 19.0 Å². The van der Waals surface area contributed by atoms with E-state index < -0.39 is 17.2 Å².